The van der Waals surface area contributed by atoms with Gasteiger partial charge in [0.2, 0.25) is 5.75 Å². The van der Waals surface area contributed by atoms with E-state index < -0.39 is 0 Å². The second-order valence-electron chi connectivity index (χ2n) is 5.45. The Morgan fingerprint density at radius 3 is 2.33 bits per heavy atom. The van der Waals surface area contributed by atoms with Gasteiger partial charge >= 0.3 is 0 Å². The maximum absolute atomic E-state index is 5.45. The van der Waals surface area contributed by atoms with Gasteiger partial charge in [0.05, 0.1) is 27.5 Å². The Labute approximate surface area is 141 Å². The minimum absolute atomic E-state index is 0.589. The number of methoxy groups -OCH3 is 3. The summed E-state index contributed by atoms with van der Waals surface area (Å²) in [5.41, 5.74) is 4.37. The zero-order valence-electron chi connectivity index (χ0n) is 14.3. The number of aromatic nitrogens is 2. The molecule has 0 fully saturated rings. The van der Waals surface area contributed by atoms with Gasteiger partial charge in [0.25, 0.3) is 0 Å². The smallest absolute Gasteiger partial charge is 0.203 e. The van der Waals surface area contributed by atoms with E-state index in [0.717, 1.165) is 23.4 Å². The Kier molecular flexibility index (Phi) is 4.46. The van der Waals surface area contributed by atoms with Crippen molar-refractivity contribution in [3.8, 4) is 17.2 Å². The highest BCUT2D eigenvalue weighted by molar-refractivity contribution is 5.82. The Hall–Kier alpha value is -2.89. The van der Waals surface area contributed by atoms with Crippen LogP contribution in [0.2, 0.25) is 0 Å². The predicted molar refractivity (Wildman–Crippen MR) is 93.8 cm³/mol. The van der Waals surface area contributed by atoms with Gasteiger partial charge in [-0.05, 0) is 12.5 Å². The summed E-state index contributed by atoms with van der Waals surface area (Å²) in [5, 5.41) is 6.90. The van der Waals surface area contributed by atoms with Gasteiger partial charge in [0.15, 0.2) is 11.5 Å². The zero-order chi connectivity index (χ0) is 17.1. The number of benzene rings is 1. The molecule has 0 aliphatic carbocycles. The van der Waals surface area contributed by atoms with Crippen molar-refractivity contribution in [1.29, 1.82) is 0 Å². The second-order valence-corrected chi connectivity index (χ2v) is 5.45. The molecule has 0 saturated heterocycles. The lowest BCUT2D eigenvalue weighted by Gasteiger charge is -2.26. The van der Waals surface area contributed by atoms with E-state index in [1.54, 1.807) is 21.3 Å². The van der Waals surface area contributed by atoms with Gasteiger partial charge in [-0.1, -0.05) is 6.08 Å². The number of hydrogen-bond acceptors (Lipinski definition) is 5. The SMILES string of the molecule is COc1cc(N2C=C(c3cn[nH]c3)C(C)=CC2)cc(OC)c1OC. The van der Waals surface area contributed by atoms with Gasteiger partial charge in [-0.25, -0.2) is 0 Å². The molecule has 24 heavy (non-hydrogen) atoms. The van der Waals surface area contributed by atoms with Gasteiger partial charge < -0.3 is 19.1 Å². The van der Waals surface area contributed by atoms with Crippen molar-refractivity contribution in [3.05, 3.63) is 47.9 Å². The fourth-order valence-corrected chi connectivity index (χ4v) is 2.77. The molecule has 6 nitrogen and oxygen atoms in total. The molecule has 1 N–H and O–H groups in total. The van der Waals surface area contributed by atoms with Crippen LogP contribution in [0.25, 0.3) is 5.57 Å². The van der Waals surface area contributed by atoms with Crippen LogP contribution in [0.15, 0.2) is 42.4 Å². The fraction of sp³-hybridized carbons (Fsp3) is 0.278. The third-order valence-electron chi connectivity index (χ3n) is 4.09. The summed E-state index contributed by atoms with van der Waals surface area (Å²) < 4.78 is 16.3. The molecule has 2 heterocycles. The van der Waals surface area contributed by atoms with E-state index in [9.17, 15) is 0 Å². The second kappa shape index (κ2) is 6.70. The van der Waals surface area contributed by atoms with E-state index in [1.165, 1.54) is 5.57 Å². The summed E-state index contributed by atoms with van der Waals surface area (Å²) in [7, 11) is 4.84. The average Bonchev–Trinajstić information content (AvgIpc) is 3.15. The number of H-pyrrole nitrogens is 1. The molecule has 1 aliphatic heterocycles. The summed E-state index contributed by atoms with van der Waals surface area (Å²) in [6.45, 7) is 2.87. The normalized spacial score (nSPS) is 14.1. The predicted octanol–water partition coefficient (Wildman–Crippen LogP) is 3.24. The maximum Gasteiger partial charge on any atom is 0.203 e. The highest BCUT2D eigenvalue weighted by atomic mass is 16.5. The van der Waals surface area contributed by atoms with Crippen LogP contribution in [0.3, 0.4) is 0 Å². The molecular weight excluding hydrogens is 306 g/mol. The molecule has 0 bridgehead atoms. The molecule has 1 aromatic heterocycles. The molecule has 6 heteroatoms. The minimum atomic E-state index is 0.589. The summed E-state index contributed by atoms with van der Waals surface area (Å²) in [4.78, 5) is 2.14. The molecule has 1 aromatic carbocycles. The molecule has 126 valence electrons. The molecular formula is C18H21N3O3. The molecule has 0 atom stereocenters. The van der Waals surface area contributed by atoms with Crippen LogP contribution in [0.5, 0.6) is 17.2 Å². The van der Waals surface area contributed by atoms with Gasteiger partial charge in [0.1, 0.15) is 0 Å². The van der Waals surface area contributed by atoms with Crippen molar-refractivity contribution >= 4 is 11.3 Å². The van der Waals surface area contributed by atoms with Crippen molar-refractivity contribution in [2.45, 2.75) is 6.92 Å². The van der Waals surface area contributed by atoms with E-state index >= 15 is 0 Å². The summed E-state index contributed by atoms with van der Waals surface area (Å²) in [6, 6.07) is 3.89. The van der Waals surface area contributed by atoms with Crippen LogP contribution in [-0.4, -0.2) is 38.1 Å². The molecule has 0 unspecified atom stereocenters. The Bertz CT molecular complexity index is 754. The fourth-order valence-electron chi connectivity index (χ4n) is 2.77. The van der Waals surface area contributed by atoms with Gasteiger partial charge in [0, 0.05) is 47.9 Å². The summed E-state index contributed by atoms with van der Waals surface area (Å²) >= 11 is 0. The van der Waals surface area contributed by atoms with E-state index in [0.29, 0.717) is 17.2 Å². The number of nitrogens with zero attached hydrogens (tertiary/aromatic N) is 2. The van der Waals surface area contributed by atoms with Crippen molar-refractivity contribution in [2.75, 3.05) is 32.8 Å². The first-order chi connectivity index (χ1) is 11.7. The number of anilines is 1. The lowest BCUT2D eigenvalue weighted by Crippen LogP contribution is -2.20. The Balaban J connectivity index is 2.03. The highest BCUT2D eigenvalue weighted by Gasteiger charge is 2.19. The number of hydrogen-bond donors (Lipinski definition) is 1. The number of allylic oxidation sites excluding steroid dienone is 2. The molecule has 3 rings (SSSR count). The van der Waals surface area contributed by atoms with Crippen LogP contribution in [0, 0.1) is 0 Å². The van der Waals surface area contributed by atoms with Crippen molar-refractivity contribution in [2.24, 2.45) is 0 Å². The molecule has 0 amide bonds. The topological polar surface area (TPSA) is 59.6 Å². The third kappa shape index (κ3) is 2.82. The lowest BCUT2D eigenvalue weighted by molar-refractivity contribution is 0.324. The van der Waals surface area contributed by atoms with Gasteiger partial charge in [-0.15, -0.1) is 0 Å². The van der Waals surface area contributed by atoms with E-state index in [2.05, 4.69) is 34.3 Å². The van der Waals surface area contributed by atoms with E-state index in [-0.39, 0.29) is 0 Å². The van der Waals surface area contributed by atoms with E-state index in [1.807, 2.05) is 24.5 Å². The van der Waals surface area contributed by atoms with Gasteiger partial charge in [-0.2, -0.15) is 5.10 Å². The summed E-state index contributed by atoms with van der Waals surface area (Å²) in [6.07, 6.45) is 8.01. The Morgan fingerprint density at radius 2 is 1.79 bits per heavy atom. The standard InChI is InChI=1S/C18H21N3O3/c1-12-5-6-21(11-15(12)13-9-19-20-10-13)14-7-16(22-2)18(24-4)17(8-14)23-3/h5,7-11H,6H2,1-4H3,(H,19,20). The number of aromatic amines is 1. The first-order valence-corrected chi connectivity index (χ1v) is 7.62. The van der Waals surface area contributed by atoms with Crippen molar-refractivity contribution in [3.63, 3.8) is 0 Å². The average molecular weight is 327 g/mol. The molecule has 2 aromatic rings. The molecule has 1 aliphatic rings. The minimum Gasteiger partial charge on any atom is -0.493 e. The Morgan fingerprint density at radius 1 is 1.08 bits per heavy atom. The first-order valence-electron chi connectivity index (χ1n) is 7.62. The van der Waals surface area contributed by atoms with Crippen LogP contribution in [0.1, 0.15) is 12.5 Å². The van der Waals surface area contributed by atoms with Crippen LogP contribution < -0.4 is 19.1 Å². The zero-order valence-corrected chi connectivity index (χ0v) is 14.3. The van der Waals surface area contributed by atoms with Crippen molar-refractivity contribution in [1.82, 2.24) is 10.2 Å². The molecule has 0 spiro atoms. The number of ether oxygens (including phenoxy) is 3. The van der Waals surface area contributed by atoms with Crippen molar-refractivity contribution < 1.29 is 14.2 Å². The largest absolute Gasteiger partial charge is 0.493 e. The van der Waals surface area contributed by atoms with Crippen LogP contribution in [0.4, 0.5) is 5.69 Å². The summed E-state index contributed by atoms with van der Waals surface area (Å²) in [5.74, 6) is 1.86. The maximum atomic E-state index is 5.45. The molecule has 0 radical (unpaired) electrons. The lowest BCUT2D eigenvalue weighted by atomic mass is 10.00. The van der Waals surface area contributed by atoms with E-state index in [4.69, 9.17) is 14.2 Å². The first kappa shape index (κ1) is 16.0. The van der Waals surface area contributed by atoms with Gasteiger partial charge in [-0.3, -0.25) is 5.10 Å². The highest BCUT2D eigenvalue weighted by Crippen LogP contribution is 2.42. The third-order valence-corrected chi connectivity index (χ3v) is 4.09. The van der Waals surface area contributed by atoms with Crippen LogP contribution >= 0.6 is 0 Å². The van der Waals surface area contributed by atoms with Crippen LogP contribution in [-0.2, 0) is 0 Å². The quantitative estimate of drug-likeness (QED) is 0.913. The number of rotatable bonds is 5. The monoisotopic (exact) mass is 327 g/mol. The number of nitrogens with one attached hydrogen (secondary N) is 1. The molecule has 0 saturated carbocycles.